The van der Waals surface area contributed by atoms with Gasteiger partial charge in [-0.1, -0.05) is 19.3 Å². The number of anilines is 3. The van der Waals surface area contributed by atoms with E-state index in [-0.39, 0.29) is 34.3 Å². The van der Waals surface area contributed by atoms with Gasteiger partial charge in [-0.05, 0) is 25.8 Å². The average molecular weight is 447 g/mol. The highest BCUT2D eigenvalue weighted by Crippen LogP contribution is 2.43. The SMILES string of the molecule is C[C@@H]1COCCN1c1nc(-c2c(C(F)F)ccnc2N)nc(N2OCC23CCCCC3)n1. The maximum absolute atomic E-state index is 13.8. The third kappa shape index (κ3) is 3.62. The van der Waals surface area contributed by atoms with Crippen molar-refractivity contribution >= 4 is 17.7 Å². The third-order valence-corrected chi connectivity index (χ3v) is 6.57. The smallest absolute Gasteiger partial charge is 0.264 e. The first-order chi connectivity index (χ1) is 15.5. The van der Waals surface area contributed by atoms with Crippen molar-refractivity contribution in [2.75, 3.05) is 42.1 Å². The van der Waals surface area contributed by atoms with Crippen LogP contribution in [0.25, 0.3) is 11.4 Å². The van der Waals surface area contributed by atoms with E-state index in [1.807, 2.05) is 11.8 Å². The summed E-state index contributed by atoms with van der Waals surface area (Å²) in [4.78, 5) is 25.7. The van der Waals surface area contributed by atoms with Crippen molar-refractivity contribution in [1.82, 2.24) is 19.9 Å². The Balaban J connectivity index is 1.63. The molecule has 2 N–H and O–H groups in total. The molecule has 0 unspecified atom stereocenters. The van der Waals surface area contributed by atoms with Crippen LogP contribution in [0.5, 0.6) is 0 Å². The van der Waals surface area contributed by atoms with Crippen LogP contribution in [0.3, 0.4) is 0 Å². The fraction of sp³-hybridized carbons (Fsp3) is 0.619. The molecule has 11 heteroatoms. The molecule has 172 valence electrons. The number of hydroxylamine groups is 1. The van der Waals surface area contributed by atoms with Crippen molar-refractivity contribution in [1.29, 1.82) is 0 Å². The van der Waals surface area contributed by atoms with Crippen LogP contribution < -0.4 is 15.7 Å². The Kier molecular flexibility index (Phi) is 5.54. The Hall–Kier alpha value is -2.66. The Bertz CT molecular complexity index is 987. The number of halogens is 2. The van der Waals surface area contributed by atoms with Gasteiger partial charge >= 0.3 is 0 Å². The largest absolute Gasteiger partial charge is 0.383 e. The number of morpholine rings is 1. The number of ether oxygens (including phenoxy) is 1. The second-order valence-electron chi connectivity index (χ2n) is 8.69. The van der Waals surface area contributed by atoms with Crippen LogP contribution in [0.15, 0.2) is 12.3 Å². The molecule has 3 aliphatic rings. The van der Waals surface area contributed by atoms with Crippen LogP contribution in [-0.2, 0) is 9.57 Å². The summed E-state index contributed by atoms with van der Waals surface area (Å²) >= 11 is 0. The van der Waals surface area contributed by atoms with E-state index in [4.69, 9.17) is 20.3 Å². The van der Waals surface area contributed by atoms with Gasteiger partial charge in [0.15, 0.2) is 5.82 Å². The van der Waals surface area contributed by atoms with E-state index in [0.717, 1.165) is 25.7 Å². The second-order valence-corrected chi connectivity index (χ2v) is 8.69. The number of rotatable bonds is 4. The van der Waals surface area contributed by atoms with Gasteiger partial charge in [0.05, 0.1) is 30.4 Å². The Morgan fingerprint density at radius 2 is 1.94 bits per heavy atom. The van der Waals surface area contributed by atoms with Gasteiger partial charge in [-0.25, -0.2) is 18.8 Å². The fourth-order valence-electron chi connectivity index (χ4n) is 4.77. The quantitative estimate of drug-likeness (QED) is 0.757. The van der Waals surface area contributed by atoms with Gasteiger partial charge in [0.2, 0.25) is 5.95 Å². The van der Waals surface area contributed by atoms with E-state index in [1.54, 1.807) is 5.06 Å². The van der Waals surface area contributed by atoms with Gasteiger partial charge in [0.25, 0.3) is 12.4 Å². The molecule has 1 saturated carbocycles. The molecule has 0 amide bonds. The molecule has 1 spiro atoms. The van der Waals surface area contributed by atoms with Gasteiger partial charge in [0, 0.05) is 18.3 Å². The summed E-state index contributed by atoms with van der Waals surface area (Å²) in [6.07, 6.45) is 3.89. The predicted octanol–water partition coefficient (Wildman–Crippen LogP) is 3.13. The minimum absolute atomic E-state index is 0.0219. The number of nitrogen functional groups attached to an aromatic ring is 1. The van der Waals surface area contributed by atoms with Crippen molar-refractivity contribution in [3.63, 3.8) is 0 Å². The zero-order chi connectivity index (χ0) is 22.3. The van der Waals surface area contributed by atoms with Crippen molar-refractivity contribution in [2.45, 2.75) is 57.0 Å². The first-order valence-corrected chi connectivity index (χ1v) is 11.0. The summed E-state index contributed by atoms with van der Waals surface area (Å²) in [5, 5.41) is 1.75. The monoisotopic (exact) mass is 447 g/mol. The summed E-state index contributed by atoms with van der Waals surface area (Å²) < 4.78 is 33.2. The summed E-state index contributed by atoms with van der Waals surface area (Å²) in [6.45, 7) is 4.25. The Morgan fingerprint density at radius 1 is 1.16 bits per heavy atom. The molecule has 0 bridgehead atoms. The van der Waals surface area contributed by atoms with Crippen molar-refractivity contribution in [2.24, 2.45) is 0 Å². The summed E-state index contributed by atoms with van der Waals surface area (Å²) in [7, 11) is 0. The van der Waals surface area contributed by atoms with E-state index in [9.17, 15) is 8.78 Å². The molecule has 1 aliphatic carbocycles. The molecule has 2 aromatic rings. The van der Waals surface area contributed by atoms with Gasteiger partial charge in [-0.15, -0.1) is 0 Å². The summed E-state index contributed by atoms with van der Waals surface area (Å²) in [6, 6.07) is 1.27. The molecule has 1 atom stereocenters. The number of nitrogens with two attached hydrogens (primary N) is 1. The van der Waals surface area contributed by atoms with Crippen molar-refractivity contribution in [3.8, 4) is 11.4 Å². The number of nitrogens with zero attached hydrogens (tertiary/aromatic N) is 6. The molecule has 2 aliphatic heterocycles. The average Bonchev–Trinajstić information content (AvgIpc) is 2.78. The number of aromatic nitrogens is 4. The maximum Gasteiger partial charge on any atom is 0.264 e. The van der Waals surface area contributed by atoms with E-state index in [2.05, 4.69) is 15.0 Å². The predicted molar refractivity (Wildman–Crippen MR) is 114 cm³/mol. The minimum Gasteiger partial charge on any atom is -0.383 e. The van der Waals surface area contributed by atoms with Crippen LogP contribution in [0, 0.1) is 0 Å². The van der Waals surface area contributed by atoms with Gasteiger partial charge < -0.3 is 15.4 Å². The first-order valence-electron chi connectivity index (χ1n) is 11.0. The van der Waals surface area contributed by atoms with Crippen LogP contribution in [0.4, 0.5) is 26.5 Å². The lowest BCUT2D eigenvalue weighted by atomic mass is 9.80. The van der Waals surface area contributed by atoms with Crippen LogP contribution in [0.1, 0.15) is 51.0 Å². The zero-order valence-electron chi connectivity index (χ0n) is 18.0. The Morgan fingerprint density at radius 3 is 2.62 bits per heavy atom. The normalized spacial score (nSPS) is 22.9. The van der Waals surface area contributed by atoms with Crippen LogP contribution in [-0.4, -0.2) is 57.9 Å². The number of hydrogen-bond donors (Lipinski definition) is 1. The summed E-state index contributed by atoms with van der Waals surface area (Å²) in [5.41, 5.74) is 5.65. The lowest BCUT2D eigenvalue weighted by Gasteiger charge is -2.52. The topological polar surface area (TPSA) is 103 Å². The van der Waals surface area contributed by atoms with Crippen LogP contribution in [0.2, 0.25) is 0 Å². The van der Waals surface area contributed by atoms with E-state index >= 15 is 0 Å². The number of pyridine rings is 1. The molecule has 2 saturated heterocycles. The van der Waals surface area contributed by atoms with E-state index in [0.29, 0.717) is 38.3 Å². The third-order valence-electron chi connectivity index (χ3n) is 6.57. The zero-order valence-corrected chi connectivity index (χ0v) is 18.0. The lowest BCUT2D eigenvalue weighted by Crippen LogP contribution is -2.64. The summed E-state index contributed by atoms with van der Waals surface area (Å²) in [5.74, 6) is 0.745. The molecule has 3 fully saturated rings. The van der Waals surface area contributed by atoms with Crippen molar-refractivity contribution < 1.29 is 18.4 Å². The van der Waals surface area contributed by atoms with Gasteiger partial charge in [-0.2, -0.15) is 15.0 Å². The molecule has 5 rings (SSSR count). The highest BCUT2D eigenvalue weighted by Gasteiger charge is 2.49. The highest BCUT2D eigenvalue weighted by atomic mass is 19.3. The molecule has 2 aromatic heterocycles. The minimum atomic E-state index is -2.74. The second kappa shape index (κ2) is 8.36. The molecule has 0 aromatic carbocycles. The molecule has 4 heterocycles. The standard InChI is InChI=1S/C21H27F2N7O2/c1-13-11-31-10-9-29(13)19-26-18(15-14(16(22)23)5-8-25-17(15)24)27-20(28-19)30-21(12-32-30)6-3-2-4-7-21/h5,8,13,16H,2-4,6-7,9-12H2,1H3,(H2,24,25)/t13-/m1/s1. The van der Waals surface area contributed by atoms with E-state index in [1.165, 1.54) is 18.7 Å². The lowest BCUT2D eigenvalue weighted by molar-refractivity contribution is -0.106. The molecule has 0 radical (unpaired) electrons. The van der Waals surface area contributed by atoms with Crippen LogP contribution >= 0.6 is 0 Å². The number of hydrogen-bond acceptors (Lipinski definition) is 9. The molecular weight excluding hydrogens is 420 g/mol. The maximum atomic E-state index is 13.8. The van der Waals surface area contributed by atoms with Gasteiger partial charge in [-0.3, -0.25) is 4.84 Å². The van der Waals surface area contributed by atoms with E-state index < -0.39 is 6.43 Å². The van der Waals surface area contributed by atoms with Gasteiger partial charge in [0.1, 0.15) is 12.4 Å². The van der Waals surface area contributed by atoms with Crippen molar-refractivity contribution in [3.05, 3.63) is 17.8 Å². The molecule has 32 heavy (non-hydrogen) atoms. The fourth-order valence-corrected chi connectivity index (χ4v) is 4.77. The highest BCUT2D eigenvalue weighted by molar-refractivity contribution is 5.73. The number of alkyl halides is 2. The first kappa shape index (κ1) is 21.2. The Labute approximate surface area is 184 Å². The molecule has 9 nitrogen and oxygen atoms in total. The molecular formula is C21H27F2N7O2.